The summed E-state index contributed by atoms with van der Waals surface area (Å²) in [5.41, 5.74) is 1.78. The summed E-state index contributed by atoms with van der Waals surface area (Å²) in [4.78, 5) is 48.6. The zero-order valence-corrected chi connectivity index (χ0v) is 18.6. The number of carbonyl (C=O) groups excluding carboxylic acids is 2. The third kappa shape index (κ3) is 2.34. The summed E-state index contributed by atoms with van der Waals surface area (Å²) in [6, 6.07) is 14.0. The van der Waals surface area contributed by atoms with Crippen LogP contribution >= 0.6 is 0 Å². The third-order valence-electron chi connectivity index (χ3n) is 7.58. The smallest absolute Gasteiger partial charge is 0.262 e. The average molecular weight is 441 g/mol. The summed E-state index contributed by atoms with van der Waals surface area (Å²) in [5, 5.41) is 0.504. The highest BCUT2D eigenvalue weighted by molar-refractivity contribution is 5.97. The molecular weight excluding hydrogens is 416 g/mol. The monoisotopic (exact) mass is 440 g/mol. The van der Waals surface area contributed by atoms with Gasteiger partial charge in [-0.15, -0.1) is 6.58 Å². The highest BCUT2D eigenvalue weighted by Gasteiger charge is 2.64. The zero-order chi connectivity index (χ0) is 23.1. The molecule has 0 saturated carbocycles. The topological polar surface area (TPSA) is 75.5 Å². The highest BCUT2D eigenvalue weighted by atomic mass is 16.2. The Balaban J connectivity index is 1.65. The number of hydrogen-bond donors (Lipinski definition) is 0. The van der Waals surface area contributed by atoms with Crippen LogP contribution in [0.3, 0.4) is 0 Å². The number of carbonyl (C=O) groups is 2. The van der Waals surface area contributed by atoms with Gasteiger partial charge in [0.1, 0.15) is 18.0 Å². The summed E-state index contributed by atoms with van der Waals surface area (Å²) in [5.74, 6) is 0.306. The first-order chi connectivity index (χ1) is 15.9. The number of allylic oxidation sites excluding steroid dienone is 1. The van der Waals surface area contributed by atoms with Gasteiger partial charge in [-0.2, -0.15) is 0 Å². The molecule has 0 spiro atoms. The van der Waals surface area contributed by atoms with Crippen molar-refractivity contribution in [2.75, 3.05) is 4.90 Å². The van der Waals surface area contributed by atoms with Crippen LogP contribution < -0.4 is 10.5 Å². The normalized spacial score (nSPS) is 27.2. The number of rotatable bonds is 2. The maximum Gasteiger partial charge on any atom is 0.262 e. The Labute approximate surface area is 190 Å². The lowest BCUT2D eigenvalue weighted by Gasteiger charge is -2.42. The lowest BCUT2D eigenvalue weighted by Crippen LogP contribution is -2.57. The van der Waals surface area contributed by atoms with Gasteiger partial charge in [0.2, 0.25) is 11.8 Å². The predicted octanol–water partition coefficient (Wildman–Crippen LogP) is 3.45. The van der Waals surface area contributed by atoms with Crippen molar-refractivity contribution in [1.29, 1.82) is 0 Å². The number of anilines is 1. The van der Waals surface area contributed by atoms with Crippen molar-refractivity contribution in [3.8, 4) is 0 Å². The number of para-hydroxylation sites is 2. The molecule has 6 rings (SSSR count). The minimum atomic E-state index is -0.710. The Morgan fingerprint density at radius 1 is 1.18 bits per heavy atom. The van der Waals surface area contributed by atoms with Crippen LogP contribution in [0.2, 0.25) is 0 Å². The van der Waals surface area contributed by atoms with E-state index in [1.165, 1.54) is 6.92 Å². The van der Waals surface area contributed by atoms with Crippen LogP contribution in [-0.4, -0.2) is 32.4 Å². The third-order valence-corrected chi connectivity index (χ3v) is 7.58. The number of nitrogens with zero attached hydrogens (tertiary/aromatic N) is 4. The van der Waals surface area contributed by atoms with Gasteiger partial charge in [-0.3, -0.25) is 23.9 Å². The Kier molecular flexibility index (Phi) is 4.00. The molecule has 0 bridgehead atoms. The van der Waals surface area contributed by atoms with Crippen LogP contribution in [0.1, 0.15) is 50.2 Å². The number of benzene rings is 2. The van der Waals surface area contributed by atoms with Crippen molar-refractivity contribution >= 4 is 28.4 Å². The molecule has 2 amide bonds. The van der Waals surface area contributed by atoms with Crippen molar-refractivity contribution in [3.05, 3.63) is 82.9 Å². The van der Waals surface area contributed by atoms with Gasteiger partial charge >= 0.3 is 0 Å². The molecule has 0 radical (unpaired) electrons. The molecule has 2 aromatic carbocycles. The van der Waals surface area contributed by atoms with E-state index in [4.69, 9.17) is 4.98 Å². The first-order valence-electron chi connectivity index (χ1n) is 11.2. The lowest BCUT2D eigenvalue weighted by atomic mass is 9.75. The summed E-state index contributed by atoms with van der Waals surface area (Å²) < 4.78 is 1.55. The van der Waals surface area contributed by atoms with Gasteiger partial charge < -0.3 is 4.90 Å². The molecule has 1 fully saturated rings. The molecular formula is C26H24N4O3. The van der Waals surface area contributed by atoms with Crippen molar-refractivity contribution < 1.29 is 9.59 Å². The van der Waals surface area contributed by atoms with Gasteiger partial charge in [-0.25, -0.2) is 4.98 Å². The van der Waals surface area contributed by atoms with Crippen LogP contribution in [0.4, 0.5) is 5.69 Å². The van der Waals surface area contributed by atoms with E-state index in [1.807, 2.05) is 47.4 Å². The van der Waals surface area contributed by atoms with Crippen molar-refractivity contribution in [3.63, 3.8) is 0 Å². The first kappa shape index (κ1) is 19.9. The molecule has 4 atom stereocenters. The second kappa shape index (κ2) is 6.63. The molecule has 4 heterocycles. The standard InChI is InChI=1S/C26H24N4O3/c1-4-13-26-14-21-22-27-19-11-7-5-9-17(19)24(33)28(22)15(2)23(32)30(21)25(26)29(16(3)31)20-12-8-6-10-18(20)26/h4-12,15,21,25H,1,13-14H2,2-3H3/t15-,21+,25+,26+/m1/s1. The Bertz CT molecular complexity index is 1430. The quantitative estimate of drug-likeness (QED) is 0.572. The molecule has 0 unspecified atom stereocenters. The van der Waals surface area contributed by atoms with E-state index in [0.717, 1.165) is 11.3 Å². The molecule has 7 heteroatoms. The lowest BCUT2D eigenvalue weighted by molar-refractivity contribution is -0.141. The minimum Gasteiger partial charge on any atom is -0.309 e. The van der Waals surface area contributed by atoms with Crippen LogP contribution in [0.5, 0.6) is 0 Å². The Morgan fingerprint density at radius 3 is 2.67 bits per heavy atom. The molecule has 0 aliphatic carbocycles. The predicted molar refractivity (Wildman–Crippen MR) is 125 cm³/mol. The van der Waals surface area contributed by atoms with Crippen molar-refractivity contribution in [1.82, 2.24) is 14.5 Å². The fourth-order valence-corrected chi connectivity index (χ4v) is 6.33. The summed E-state index contributed by atoms with van der Waals surface area (Å²) in [7, 11) is 0. The van der Waals surface area contributed by atoms with Gasteiger partial charge in [0, 0.05) is 18.0 Å². The molecule has 3 aliphatic rings. The van der Waals surface area contributed by atoms with Crippen LogP contribution in [0.15, 0.2) is 66.0 Å². The average Bonchev–Trinajstić information content (AvgIpc) is 3.27. The van der Waals surface area contributed by atoms with Crippen molar-refractivity contribution in [2.45, 2.75) is 50.4 Å². The van der Waals surface area contributed by atoms with E-state index in [9.17, 15) is 14.4 Å². The van der Waals surface area contributed by atoms with Gasteiger partial charge in [0.25, 0.3) is 5.56 Å². The molecule has 1 saturated heterocycles. The first-order valence-corrected chi connectivity index (χ1v) is 11.2. The summed E-state index contributed by atoms with van der Waals surface area (Å²) >= 11 is 0. The van der Waals surface area contributed by atoms with Crippen molar-refractivity contribution in [2.24, 2.45) is 0 Å². The minimum absolute atomic E-state index is 0.117. The number of fused-ring (bicyclic) bond motifs is 8. The zero-order valence-electron chi connectivity index (χ0n) is 18.6. The molecule has 7 nitrogen and oxygen atoms in total. The van der Waals surface area contributed by atoms with Gasteiger partial charge in [0.05, 0.1) is 16.9 Å². The van der Waals surface area contributed by atoms with E-state index in [-0.39, 0.29) is 17.4 Å². The molecule has 3 aliphatic heterocycles. The van der Waals surface area contributed by atoms with E-state index < -0.39 is 23.7 Å². The van der Waals surface area contributed by atoms with E-state index >= 15 is 0 Å². The fraction of sp³-hybridized carbons (Fsp3) is 0.308. The van der Waals surface area contributed by atoms with E-state index in [1.54, 1.807) is 28.5 Å². The number of aromatic nitrogens is 2. The summed E-state index contributed by atoms with van der Waals surface area (Å²) in [6.07, 6.45) is 2.54. The fourth-order valence-electron chi connectivity index (χ4n) is 6.33. The molecule has 1 aromatic heterocycles. The highest BCUT2D eigenvalue weighted by Crippen LogP contribution is 2.60. The second-order valence-electron chi connectivity index (χ2n) is 9.23. The maximum absolute atomic E-state index is 13.8. The van der Waals surface area contributed by atoms with Gasteiger partial charge in [-0.05, 0) is 43.5 Å². The SMILES string of the molecule is C=CC[C@@]12C[C@H]3c4nc5ccccc5c(=O)n4[C@H](C)C(=O)N3[C@@H]1N(C(C)=O)c1ccccc12. The molecule has 3 aromatic rings. The molecule has 0 N–H and O–H groups in total. The van der Waals surface area contributed by atoms with Gasteiger partial charge in [-0.1, -0.05) is 36.4 Å². The van der Waals surface area contributed by atoms with Gasteiger partial charge in [0.15, 0.2) is 0 Å². The number of amides is 2. The van der Waals surface area contributed by atoms with Crippen LogP contribution in [-0.2, 0) is 15.0 Å². The second-order valence-corrected chi connectivity index (χ2v) is 9.23. The maximum atomic E-state index is 13.8. The van der Waals surface area contributed by atoms with E-state index in [0.29, 0.717) is 29.6 Å². The van der Waals surface area contributed by atoms with Crippen LogP contribution in [0, 0.1) is 0 Å². The van der Waals surface area contributed by atoms with E-state index in [2.05, 4.69) is 6.58 Å². The number of hydrogen-bond acceptors (Lipinski definition) is 4. The molecule has 166 valence electrons. The summed E-state index contributed by atoms with van der Waals surface area (Å²) in [6.45, 7) is 7.28. The molecule has 33 heavy (non-hydrogen) atoms. The Hall–Kier alpha value is -3.74. The Morgan fingerprint density at radius 2 is 1.91 bits per heavy atom. The van der Waals surface area contributed by atoms with Crippen LogP contribution in [0.25, 0.3) is 10.9 Å². The largest absolute Gasteiger partial charge is 0.309 e.